The molecule has 0 amide bonds. The predicted octanol–water partition coefficient (Wildman–Crippen LogP) is 1.78. The molecule has 2 aliphatic rings. The maximum atomic E-state index is 6.07. The molecule has 2 atom stereocenters. The van der Waals surface area contributed by atoms with E-state index in [4.69, 9.17) is 10.6 Å². The van der Waals surface area contributed by atoms with E-state index in [0.717, 1.165) is 25.1 Å². The summed E-state index contributed by atoms with van der Waals surface area (Å²) < 4.78 is 14.5. The van der Waals surface area contributed by atoms with Crippen molar-refractivity contribution in [2.75, 3.05) is 6.61 Å². The summed E-state index contributed by atoms with van der Waals surface area (Å²) in [5.74, 6) is 6.23. The number of nitrogens with zero attached hydrogens (tertiary/aromatic N) is 2. The second kappa shape index (κ2) is 5.21. The van der Waals surface area contributed by atoms with Gasteiger partial charge in [-0.3, -0.25) is 11.3 Å². The van der Waals surface area contributed by atoms with Crippen LogP contribution in [0.5, 0.6) is 0 Å². The summed E-state index contributed by atoms with van der Waals surface area (Å²) in [4.78, 5) is 0. The Balaban J connectivity index is 1.74. The first kappa shape index (κ1) is 12.5. The minimum absolute atomic E-state index is 0.116. The zero-order valence-electron chi connectivity index (χ0n) is 10.5. The maximum Gasteiger partial charge on any atom is 0.0928 e. The average molecular weight is 268 g/mol. The molecule has 100 valence electrons. The van der Waals surface area contributed by atoms with Crippen LogP contribution in [0.1, 0.15) is 50.3 Å². The van der Waals surface area contributed by atoms with Gasteiger partial charge in [0.05, 0.1) is 35.3 Å². The molecule has 1 spiro atoms. The number of hydrazine groups is 1. The second-order valence-electron chi connectivity index (χ2n) is 5.47. The van der Waals surface area contributed by atoms with Crippen LogP contribution in [0.25, 0.3) is 0 Å². The highest BCUT2D eigenvalue weighted by molar-refractivity contribution is 6.99. The van der Waals surface area contributed by atoms with E-state index < -0.39 is 0 Å². The number of ether oxygens (including phenoxy) is 1. The molecule has 1 aromatic heterocycles. The van der Waals surface area contributed by atoms with E-state index in [1.807, 2.05) is 6.20 Å². The van der Waals surface area contributed by atoms with Crippen molar-refractivity contribution in [2.45, 2.75) is 50.2 Å². The molecule has 0 radical (unpaired) electrons. The van der Waals surface area contributed by atoms with Crippen LogP contribution in [0, 0.1) is 5.92 Å². The lowest BCUT2D eigenvalue weighted by molar-refractivity contribution is -0.0984. The van der Waals surface area contributed by atoms with Crippen molar-refractivity contribution < 1.29 is 4.74 Å². The molecule has 2 unspecified atom stereocenters. The van der Waals surface area contributed by atoms with Gasteiger partial charge in [0.2, 0.25) is 0 Å². The summed E-state index contributed by atoms with van der Waals surface area (Å²) in [6.07, 6.45) is 8.98. The Labute approximate surface area is 111 Å². The van der Waals surface area contributed by atoms with Gasteiger partial charge in [-0.2, -0.15) is 8.75 Å². The summed E-state index contributed by atoms with van der Waals surface area (Å²) in [7, 11) is 0. The average Bonchev–Trinajstić information content (AvgIpc) is 3.03. The Morgan fingerprint density at radius 2 is 2.33 bits per heavy atom. The van der Waals surface area contributed by atoms with Gasteiger partial charge in [0.25, 0.3) is 0 Å². The Hall–Kier alpha value is -0.560. The summed E-state index contributed by atoms with van der Waals surface area (Å²) in [5.41, 5.74) is 4.03. The molecule has 3 rings (SSSR count). The van der Waals surface area contributed by atoms with Crippen molar-refractivity contribution in [3.8, 4) is 0 Å². The molecule has 2 fully saturated rings. The fourth-order valence-corrected chi connectivity index (χ4v) is 3.95. The molecule has 2 heterocycles. The molecular weight excluding hydrogens is 248 g/mol. The van der Waals surface area contributed by atoms with Crippen molar-refractivity contribution >= 4 is 11.7 Å². The van der Waals surface area contributed by atoms with E-state index in [1.165, 1.54) is 37.4 Å². The van der Waals surface area contributed by atoms with Crippen LogP contribution in [-0.2, 0) is 4.74 Å². The maximum absolute atomic E-state index is 6.07. The topological polar surface area (TPSA) is 73.1 Å². The van der Waals surface area contributed by atoms with Gasteiger partial charge in [0.15, 0.2) is 0 Å². The Bertz CT molecular complexity index is 377. The number of aromatic nitrogens is 2. The fourth-order valence-electron chi connectivity index (χ4n) is 3.49. The molecule has 1 aliphatic heterocycles. The van der Waals surface area contributed by atoms with Crippen molar-refractivity contribution in [3.05, 3.63) is 11.9 Å². The largest absolute Gasteiger partial charge is 0.375 e. The quantitative estimate of drug-likeness (QED) is 0.646. The molecule has 18 heavy (non-hydrogen) atoms. The molecular formula is C12H20N4OS. The van der Waals surface area contributed by atoms with Crippen molar-refractivity contribution in [2.24, 2.45) is 11.8 Å². The summed E-state index contributed by atoms with van der Waals surface area (Å²) in [6.45, 7) is 0.848. The van der Waals surface area contributed by atoms with Gasteiger partial charge in [-0.25, -0.2) is 0 Å². The number of hydrogen-bond donors (Lipinski definition) is 2. The van der Waals surface area contributed by atoms with Crippen LogP contribution in [0.15, 0.2) is 6.20 Å². The summed E-state index contributed by atoms with van der Waals surface area (Å²) in [5, 5.41) is 0. The van der Waals surface area contributed by atoms with Crippen LogP contribution in [0.4, 0.5) is 0 Å². The molecule has 0 bridgehead atoms. The molecule has 1 saturated carbocycles. The van der Waals surface area contributed by atoms with Crippen LogP contribution in [0.3, 0.4) is 0 Å². The smallest absolute Gasteiger partial charge is 0.0928 e. The highest BCUT2D eigenvalue weighted by Crippen LogP contribution is 2.44. The zero-order valence-corrected chi connectivity index (χ0v) is 11.3. The lowest BCUT2D eigenvalue weighted by Crippen LogP contribution is -2.43. The normalized spacial score (nSPS) is 28.6. The highest BCUT2D eigenvalue weighted by Gasteiger charge is 2.42. The van der Waals surface area contributed by atoms with Crippen LogP contribution < -0.4 is 11.3 Å². The molecule has 1 aromatic rings. The van der Waals surface area contributed by atoms with E-state index in [0.29, 0.717) is 5.92 Å². The fraction of sp³-hybridized carbons (Fsp3) is 0.833. The van der Waals surface area contributed by atoms with E-state index in [1.54, 1.807) is 0 Å². The van der Waals surface area contributed by atoms with E-state index in [9.17, 15) is 0 Å². The number of rotatable bonds is 3. The Morgan fingerprint density at radius 1 is 1.50 bits per heavy atom. The molecule has 0 aromatic carbocycles. The van der Waals surface area contributed by atoms with Crippen molar-refractivity contribution in [3.63, 3.8) is 0 Å². The van der Waals surface area contributed by atoms with E-state index in [2.05, 4.69) is 14.2 Å². The van der Waals surface area contributed by atoms with Gasteiger partial charge in [-0.1, -0.05) is 12.8 Å². The van der Waals surface area contributed by atoms with Crippen molar-refractivity contribution in [1.29, 1.82) is 0 Å². The van der Waals surface area contributed by atoms with Crippen LogP contribution >= 0.6 is 11.7 Å². The van der Waals surface area contributed by atoms with Gasteiger partial charge in [0, 0.05) is 6.61 Å². The molecule has 1 saturated heterocycles. The monoisotopic (exact) mass is 268 g/mol. The third-order valence-corrected chi connectivity index (χ3v) is 4.89. The number of nitrogens with two attached hydrogens (primary N) is 1. The minimum atomic E-state index is 0.116. The molecule has 6 heteroatoms. The lowest BCUT2D eigenvalue weighted by Gasteiger charge is -2.40. The van der Waals surface area contributed by atoms with Gasteiger partial charge < -0.3 is 4.74 Å². The lowest BCUT2D eigenvalue weighted by atomic mass is 9.80. The highest BCUT2D eigenvalue weighted by atomic mass is 32.1. The third kappa shape index (κ3) is 2.30. The summed E-state index contributed by atoms with van der Waals surface area (Å²) >= 11 is 1.24. The Morgan fingerprint density at radius 3 is 3.00 bits per heavy atom. The van der Waals surface area contributed by atoms with Gasteiger partial charge >= 0.3 is 0 Å². The van der Waals surface area contributed by atoms with Gasteiger partial charge in [-0.15, -0.1) is 0 Å². The first-order chi connectivity index (χ1) is 8.83. The zero-order chi connectivity index (χ0) is 12.4. The summed E-state index contributed by atoms with van der Waals surface area (Å²) in [6, 6.07) is 0.116. The molecule has 5 nitrogen and oxygen atoms in total. The SMILES string of the molecule is NNC(c1cnsn1)C1CCOC2(CCCC2)C1. The number of nitrogens with one attached hydrogen (secondary N) is 1. The van der Waals surface area contributed by atoms with Crippen LogP contribution in [-0.4, -0.2) is 21.0 Å². The van der Waals surface area contributed by atoms with Gasteiger partial charge in [-0.05, 0) is 31.6 Å². The van der Waals surface area contributed by atoms with Crippen LogP contribution in [0.2, 0.25) is 0 Å². The minimum Gasteiger partial charge on any atom is -0.375 e. The second-order valence-corrected chi connectivity index (χ2v) is 6.02. The van der Waals surface area contributed by atoms with Crippen molar-refractivity contribution in [1.82, 2.24) is 14.2 Å². The molecule has 1 aliphatic carbocycles. The molecule has 3 N–H and O–H groups in total. The van der Waals surface area contributed by atoms with E-state index >= 15 is 0 Å². The van der Waals surface area contributed by atoms with Gasteiger partial charge in [0.1, 0.15) is 0 Å². The first-order valence-corrected chi connectivity index (χ1v) is 7.44. The van der Waals surface area contributed by atoms with E-state index in [-0.39, 0.29) is 11.6 Å². The third-order valence-electron chi connectivity index (χ3n) is 4.39. The Kier molecular flexibility index (Phi) is 3.61. The first-order valence-electron chi connectivity index (χ1n) is 6.70. The predicted molar refractivity (Wildman–Crippen MR) is 69.8 cm³/mol. The standard InChI is InChI=1S/C12H20N4OS/c13-15-11(10-8-14-18-16-10)9-3-6-17-12(7-9)4-1-2-5-12/h8-9,11,15H,1-7,13H2. The number of hydrogen-bond acceptors (Lipinski definition) is 6.